The van der Waals surface area contributed by atoms with Crippen molar-refractivity contribution in [1.82, 2.24) is 14.7 Å². The van der Waals surface area contributed by atoms with Crippen molar-refractivity contribution in [2.24, 2.45) is 5.92 Å². The number of piperidine rings is 1. The smallest absolute Gasteiger partial charge is 0.225 e. The quantitative estimate of drug-likeness (QED) is 0.758. The van der Waals surface area contributed by atoms with Gasteiger partial charge in [0.15, 0.2) is 0 Å². The van der Waals surface area contributed by atoms with E-state index < -0.39 is 0 Å². The molecule has 0 N–H and O–H groups in total. The summed E-state index contributed by atoms with van der Waals surface area (Å²) in [5.41, 5.74) is 0.0323. The summed E-state index contributed by atoms with van der Waals surface area (Å²) >= 11 is 0. The van der Waals surface area contributed by atoms with E-state index in [-0.39, 0.29) is 5.60 Å². The Balaban J connectivity index is 1.29. The van der Waals surface area contributed by atoms with Crippen LogP contribution in [0.5, 0.6) is 0 Å². The van der Waals surface area contributed by atoms with Crippen LogP contribution in [0.2, 0.25) is 0 Å². The second kappa shape index (κ2) is 8.38. The Kier molecular flexibility index (Phi) is 6.10. The average molecular weight is 378 g/mol. The zero-order valence-corrected chi connectivity index (χ0v) is 17.5. The van der Waals surface area contributed by atoms with Gasteiger partial charge in [-0.25, -0.2) is 0 Å². The summed E-state index contributed by atoms with van der Waals surface area (Å²) in [5.74, 6) is 0.746. The van der Waals surface area contributed by atoms with Gasteiger partial charge in [0.1, 0.15) is 0 Å². The molecular formula is C22H39N3O2. The van der Waals surface area contributed by atoms with Gasteiger partial charge in [-0.05, 0) is 52.4 Å². The molecule has 1 aliphatic carbocycles. The first-order valence-corrected chi connectivity index (χ1v) is 11.5. The van der Waals surface area contributed by atoms with Gasteiger partial charge < -0.3 is 9.64 Å². The van der Waals surface area contributed by atoms with Crippen molar-refractivity contribution in [3.05, 3.63) is 0 Å². The van der Waals surface area contributed by atoms with E-state index in [1.165, 1.54) is 51.9 Å². The van der Waals surface area contributed by atoms with Crippen LogP contribution < -0.4 is 0 Å². The first kappa shape index (κ1) is 19.7. The normalized spacial score (nSPS) is 31.1. The number of carbonyl (C=O) groups excluding carboxylic acids is 1. The Labute approximate surface area is 165 Å². The molecule has 1 amide bonds. The molecule has 0 aromatic rings. The van der Waals surface area contributed by atoms with Crippen molar-refractivity contribution in [1.29, 1.82) is 0 Å². The van der Waals surface area contributed by atoms with E-state index in [1.807, 2.05) is 0 Å². The highest BCUT2D eigenvalue weighted by molar-refractivity contribution is 5.79. The van der Waals surface area contributed by atoms with Crippen LogP contribution in [0.1, 0.15) is 65.2 Å². The van der Waals surface area contributed by atoms with Crippen molar-refractivity contribution in [3.8, 4) is 0 Å². The fourth-order valence-corrected chi connectivity index (χ4v) is 5.85. The zero-order valence-electron chi connectivity index (χ0n) is 17.5. The summed E-state index contributed by atoms with van der Waals surface area (Å²) < 4.78 is 6.37. The molecule has 1 saturated carbocycles. The number of nitrogens with zero attached hydrogens (tertiary/aromatic N) is 3. The molecule has 154 valence electrons. The maximum absolute atomic E-state index is 12.7. The van der Waals surface area contributed by atoms with E-state index in [0.717, 1.165) is 45.4 Å². The monoisotopic (exact) mass is 377 g/mol. The third-order valence-electron chi connectivity index (χ3n) is 7.75. The Bertz CT molecular complexity index is 502. The molecule has 0 aromatic carbocycles. The van der Waals surface area contributed by atoms with E-state index in [0.29, 0.717) is 23.9 Å². The third kappa shape index (κ3) is 4.35. The SMILES string of the molecule is CC(C)N1CCN([C@H]2CCOC3(CCN(C(=O)C4CCCC4)CC3)C2)CC1. The van der Waals surface area contributed by atoms with Crippen molar-refractivity contribution < 1.29 is 9.53 Å². The largest absolute Gasteiger partial charge is 0.375 e. The maximum atomic E-state index is 12.7. The minimum Gasteiger partial charge on any atom is -0.375 e. The number of piperazine rings is 1. The summed E-state index contributed by atoms with van der Waals surface area (Å²) in [5, 5.41) is 0. The first-order chi connectivity index (χ1) is 13.1. The van der Waals surface area contributed by atoms with Crippen LogP contribution in [0.3, 0.4) is 0 Å². The lowest BCUT2D eigenvalue weighted by Gasteiger charge is -2.50. The molecule has 0 aromatic heterocycles. The molecule has 3 aliphatic heterocycles. The van der Waals surface area contributed by atoms with Gasteiger partial charge >= 0.3 is 0 Å². The summed E-state index contributed by atoms with van der Waals surface area (Å²) in [6, 6.07) is 1.33. The fourth-order valence-electron chi connectivity index (χ4n) is 5.85. The lowest BCUT2D eigenvalue weighted by molar-refractivity contribution is -0.153. The van der Waals surface area contributed by atoms with Gasteiger partial charge in [0.2, 0.25) is 5.91 Å². The highest BCUT2D eigenvalue weighted by Crippen LogP contribution is 2.38. The fraction of sp³-hybridized carbons (Fsp3) is 0.955. The number of ether oxygens (including phenoxy) is 1. The van der Waals surface area contributed by atoms with Gasteiger partial charge in [0.05, 0.1) is 5.60 Å². The number of likely N-dealkylation sites (tertiary alicyclic amines) is 1. The summed E-state index contributed by atoms with van der Waals surface area (Å²) in [6.45, 7) is 12.1. The standard InChI is InChI=1S/C22H39N3O2/c1-18(2)23-12-14-24(15-13-23)20-7-16-27-22(17-20)8-10-25(11-9-22)21(26)19-5-3-4-6-19/h18-20H,3-17H2,1-2H3/t20-/m0/s1. The van der Waals surface area contributed by atoms with Crippen LogP contribution in [0.25, 0.3) is 0 Å². The van der Waals surface area contributed by atoms with Crippen molar-refractivity contribution in [2.45, 2.75) is 82.9 Å². The molecule has 4 aliphatic rings. The molecule has 3 saturated heterocycles. The van der Waals surface area contributed by atoms with Gasteiger partial charge in [-0.3, -0.25) is 14.6 Å². The molecule has 4 rings (SSSR count). The van der Waals surface area contributed by atoms with Gasteiger partial charge in [0, 0.05) is 63.9 Å². The molecule has 1 spiro atoms. The van der Waals surface area contributed by atoms with E-state index in [1.54, 1.807) is 0 Å². The number of rotatable bonds is 3. The lowest BCUT2D eigenvalue weighted by atomic mass is 9.81. The number of carbonyl (C=O) groups is 1. The molecule has 0 unspecified atom stereocenters. The minimum atomic E-state index is 0.0323. The van der Waals surface area contributed by atoms with Crippen LogP contribution in [-0.4, -0.2) is 84.2 Å². The van der Waals surface area contributed by atoms with Gasteiger partial charge in [-0.15, -0.1) is 0 Å². The molecule has 5 heteroatoms. The first-order valence-electron chi connectivity index (χ1n) is 11.5. The molecule has 27 heavy (non-hydrogen) atoms. The number of hydrogen-bond donors (Lipinski definition) is 0. The Hall–Kier alpha value is -0.650. The predicted molar refractivity (Wildman–Crippen MR) is 108 cm³/mol. The second-order valence-electron chi connectivity index (χ2n) is 9.65. The highest BCUT2D eigenvalue weighted by Gasteiger charge is 2.43. The molecule has 4 fully saturated rings. The van der Waals surface area contributed by atoms with E-state index >= 15 is 0 Å². The van der Waals surface area contributed by atoms with E-state index in [9.17, 15) is 4.79 Å². The molecule has 0 radical (unpaired) electrons. The maximum Gasteiger partial charge on any atom is 0.225 e. The average Bonchev–Trinajstić information content (AvgIpc) is 3.23. The number of hydrogen-bond acceptors (Lipinski definition) is 4. The minimum absolute atomic E-state index is 0.0323. The summed E-state index contributed by atoms with van der Waals surface area (Å²) in [4.78, 5) is 20.2. The van der Waals surface area contributed by atoms with Crippen LogP contribution >= 0.6 is 0 Å². The topological polar surface area (TPSA) is 36.0 Å². The van der Waals surface area contributed by atoms with E-state index in [2.05, 4.69) is 28.5 Å². The van der Waals surface area contributed by atoms with Gasteiger partial charge in [0.25, 0.3) is 0 Å². The van der Waals surface area contributed by atoms with Gasteiger partial charge in [-0.1, -0.05) is 12.8 Å². The number of amides is 1. The Morgan fingerprint density at radius 2 is 1.63 bits per heavy atom. The zero-order chi connectivity index (χ0) is 18.9. The summed E-state index contributed by atoms with van der Waals surface area (Å²) in [7, 11) is 0. The van der Waals surface area contributed by atoms with Crippen molar-refractivity contribution >= 4 is 5.91 Å². The van der Waals surface area contributed by atoms with Gasteiger partial charge in [-0.2, -0.15) is 0 Å². The summed E-state index contributed by atoms with van der Waals surface area (Å²) in [6.07, 6.45) is 9.12. The van der Waals surface area contributed by atoms with Crippen LogP contribution in [-0.2, 0) is 9.53 Å². The van der Waals surface area contributed by atoms with Crippen LogP contribution in [0.15, 0.2) is 0 Å². The van der Waals surface area contributed by atoms with Crippen molar-refractivity contribution in [2.75, 3.05) is 45.9 Å². The highest BCUT2D eigenvalue weighted by atomic mass is 16.5. The lowest BCUT2D eigenvalue weighted by Crippen LogP contribution is -2.58. The van der Waals surface area contributed by atoms with Crippen LogP contribution in [0, 0.1) is 5.92 Å². The Morgan fingerprint density at radius 1 is 0.963 bits per heavy atom. The molecule has 5 nitrogen and oxygen atoms in total. The molecule has 3 heterocycles. The Morgan fingerprint density at radius 3 is 2.26 bits per heavy atom. The third-order valence-corrected chi connectivity index (χ3v) is 7.75. The van der Waals surface area contributed by atoms with E-state index in [4.69, 9.17) is 4.74 Å². The molecular weight excluding hydrogens is 338 g/mol. The molecule has 1 atom stereocenters. The molecule has 0 bridgehead atoms. The van der Waals surface area contributed by atoms with Crippen LogP contribution in [0.4, 0.5) is 0 Å². The van der Waals surface area contributed by atoms with Crippen molar-refractivity contribution in [3.63, 3.8) is 0 Å². The second-order valence-corrected chi connectivity index (χ2v) is 9.65. The predicted octanol–water partition coefficient (Wildman–Crippen LogP) is 2.74.